The van der Waals surface area contributed by atoms with Gasteiger partial charge in [-0.2, -0.15) is 8.42 Å². The van der Waals surface area contributed by atoms with E-state index in [2.05, 4.69) is 0 Å². The van der Waals surface area contributed by atoms with Gasteiger partial charge in [0.15, 0.2) is 5.78 Å². The monoisotopic (exact) mass is 474 g/mol. The number of carbonyl (C=O) groups is 3. The molecule has 0 aromatic heterocycles. The summed E-state index contributed by atoms with van der Waals surface area (Å²) in [6.45, 7) is 1.03. The number of Topliss-reactive ketones (excluding diaryl/α,β-unsaturated/α-hetero) is 2. The topological polar surface area (TPSA) is 172 Å². The van der Waals surface area contributed by atoms with Crippen LogP contribution in [0.1, 0.15) is 35.7 Å². The van der Waals surface area contributed by atoms with Crippen molar-refractivity contribution in [1.82, 2.24) is 4.90 Å². The summed E-state index contributed by atoms with van der Waals surface area (Å²) in [5.41, 5.74) is -2.82. The number of fused-ring (bicyclic) bond motifs is 3. The molecule has 0 bridgehead atoms. The summed E-state index contributed by atoms with van der Waals surface area (Å²) in [4.78, 5) is 41.3. The first kappa shape index (κ1) is 21.8. The van der Waals surface area contributed by atoms with Crippen LogP contribution in [0.15, 0.2) is 24.3 Å². The SMILES string of the molecule is C[C@@]12CCC(=O)[C@H]3[C@@H](O)N(CCS(=O)(=O)O)C(=O)[C@@]31C(=O)c1cc3c(O)ccc([O-])c3cc12. The van der Waals surface area contributed by atoms with Crippen LogP contribution in [-0.4, -0.2) is 64.1 Å². The number of benzene rings is 2. The summed E-state index contributed by atoms with van der Waals surface area (Å²) in [6, 6.07) is 5.20. The number of carbonyl (C=O) groups excluding carboxylic acids is 3. The molecule has 2 aromatic carbocycles. The van der Waals surface area contributed by atoms with E-state index in [9.17, 15) is 38.1 Å². The van der Waals surface area contributed by atoms with Gasteiger partial charge in [-0.3, -0.25) is 18.9 Å². The Morgan fingerprint density at radius 1 is 1.18 bits per heavy atom. The molecule has 1 saturated heterocycles. The van der Waals surface area contributed by atoms with Gasteiger partial charge in [0.1, 0.15) is 23.2 Å². The number of phenolic OH excluding ortho intramolecular Hbond substituents is 1. The molecule has 33 heavy (non-hydrogen) atoms. The largest absolute Gasteiger partial charge is 0.872 e. The van der Waals surface area contributed by atoms with Crippen LogP contribution in [0.3, 0.4) is 0 Å². The molecule has 1 heterocycles. The number of rotatable bonds is 3. The molecule has 1 amide bonds. The average molecular weight is 474 g/mol. The van der Waals surface area contributed by atoms with Crippen LogP contribution in [-0.2, 0) is 25.1 Å². The summed E-state index contributed by atoms with van der Waals surface area (Å²) in [7, 11) is -4.48. The number of hydrogen-bond acceptors (Lipinski definition) is 8. The third-order valence-electron chi connectivity index (χ3n) is 7.65. The molecule has 2 aromatic rings. The van der Waals surface area contributed by atoms with Crippen LogP contribution in [0.5, 0.6) is 11.5 Å². The molecule has 0 radical (unpaired) electrons. The molecule has 5 rings (SSSR count). The molecule has 0 unspecified atom stereocenters. The van der Waals surface area contributed by atoms with Crippen molar-refractivity contribution in [1.29, 1.82) is 0 Å². The van der Waals surface area contributed by atoms with Gasteiger partial charge in [-0.1, -0.05) is 19.1 Å². The standard InChI is InChI=1S/C22H21NO9S/c1-21-5-4-16(26)17-19(28)23(6-7-33(30,31)32)20(29)22(17,21)18(27)12-8-10-11(9-13(12)21)15(25)3-2-14(10)24/h2-3,8-9,17,19,24-25,28H,4-7H2,1H3,(H,30,31,32)/p-1/t17-,19+,21-,22-/m0/s1. The second-order valence-corrected chi connectivity index (χ2v) is 10.7. The van der Waals surface area contributed by atoms with Gasteiger partial charge in [0, 0.05) is 29.3 Å². The predicted octanol–water partition coefficient (Wildman–Crippen LogP) is 0.0869. The van der Waals surface area contributed by atoms with Crippen molar-refractivity contribution >= 4 is 38.4 Å². The predicted molar refractivity (Wildman–Crippen MR) is 111 cm³/mol. The molecule has 1 saturated carbocycles. The molecule has 2 aliphatic carbocycles. The highest BCUT2D eigenvalue weighted by atomic mass is 32.2. The van der Waals surface area contributed by atoms with Crippen molar-refractivity contribution in [3.8, 4) is 11.5 Å². The van der Waals surface area contributed by atoms with Crippen LogP contribution in [0.2, 0.25) is 0 Å². The Balaban J connectivity index is 1.76. The van der Waals surface area contributed by atoms with Gasteiger partial charge < -0.3 is 20.2 Å². The van der Waals surface area contributed by atoms with Crippen LogP contribution in [0, 0.1) is 11.3 Å². The van der Waals surface area contributed by atoms with Crippen LogP contribution >= 0.6 is 0 Å². The van der Waals surface area contributed by atoms with Gasteiger partial charge in [0.25, 0.3) is 10.1 Å². The van der Waals surface area contributed by atoms with Crippen LogP contribution < -0.4 is 5.11 Å². The van der Waals surface area contributed by atoms with Gasteiger partial charge in [-0.15, -0.1) is 5.75 Å². The van der Waals surface area contributed by atoms with Crippen LogP contribution in [0.4, 0.5) is 0 Å². The summed E-state index contributed by atoms with van der Waals surface area (Å²) >= 11 is 0. The fourth-order valence-corrected chi connectivity index (χ4v) is 6.51. The number of hydrogen-bond donors (Lipinski definition) is 3. The normalized spacial score (nSPS) is 31.1. The Labute approximate surface area is 188 Å². The lowest BCUT2D eigenvalue weighted by Crippen LogP contribution is -2.58. The second kappa shape index (κ2) is 6.52. The van der Waals surface area contributed by atoms with E-state index in [1.165, 1.54) is 24.3 Å². The summed E-state index contributed by atoms with van der Waals surface area (Å²) in [5.74, 6) is -5.03. The smallest absolute Gasteiger partial charge is 0.266 e. The molecule has 3 aliphatic rings. The number of ketones is 2. The number of nitrogens with zero attached hydrogens (tertiary/aromatic N) is 1. The minimum Gasteiger partial charge on any atom is -0.872 e. The van der Waals surface area contributed by atoms with Gasteiger partial charge in [0.05, 0.1) is 11.7 Å². The minimum absolute atomic E-state index is 0.0333. The van der Waals surface area contributed by atoms with E-state index in [1.54, 1.807) is 6.92 Å². The number of aromatic hydroxyl groups is 1. The van der Waals surface area contributed by atoms with E-state index in [0.29, 0.717) is 5.56 Å². The minimum atomic E-state index is -4.48. The first-order chi connectivity index (χ1) is 15.3. The Morgan fingerprint density at radius 3 is 2.55 bits per heavy atom. The van der Waals surface area contributed by atoms with Gasteiger partial charge >= 0.3 is 0 Å². The fourth-order valence-electron chi connectivity index (χ4n) is 6.09. The fraction of sp³-hybridized carbons (Fsp3) is 0.409. The zero-order chi connectivity index (χ0) is 24.1. The highest BCUT2D eigenvalue weighted by molar-refractivity contribution is 7.85. The van der Waals surface area contributed by atoms with E-state index in [1.807, 2.05) is 0 Å². The number of likely N-dealkylation sites (tertiary alicyclic amines) is 1. The Hall–Kier alpha value is -3.02. The molecular weight excluding hydrogens is 454 g/mol. The molecule has 174 valence electrons. The maximum atomic E-state index is 13.9. The van der Waals surface area contributed by atoms with E-state index < -0.39 is 68.6 Å². The van der Waals surface area contributed by atoms with E-state index in [-0.39, 0.29) is 34.9 Å². The van der Waals surface area contributed by atoms with Crippen molar-refractivity contribution in [2.24, 2.45) is 11.3 Å². The first-order valence-electron chi connectivity index (χ1n) is 10.3. The third kappa shape index (κ3) is 2.55. The molecule has 1 aliphatic heterocycles. The lowest BCUT2D eigenvalue weighted by Gasteiger charge is -2.45. The van der Waals surface area contributed by atoms with Crippen molar-refractivity contribution < 1.29 is 42.7 Å². The maximum Gasteiger partial charge on any atom is 0.266 e. The highest BCUT2D eigenvalue weighted by Gasteiger charge is 2.77. The molecular formula is C22H20NO9S-. The zero-order valence-electron chi connectivity index (χ0n) is 17.4. The average Bonchev–Trinajstić information content (AvgIpc) is 3.09. The lowest BCUT2D eigenvalue weighted by atomic mass is 9.52. The molecule has 11 heteroatoms. The molecule has 2 fully saturated rings. The zero-order valence-corrected chi connectivity index (χ0v) is 18.3. The Kier molecular flexibility index (Phi) is 4.31. The number of aliphatic hydroxyl groups excluding tert-OH is 1. The number of aliphatic hydroxyl groups is 1. The summed E-state index contributed by atoms with van der Waals surface area (Å²) in [6.07, 6.45) is -1.68. The lowest BCUT2D eigenvalue weighted by molar-refractivity contribution is -0.265. The number of amides is 1. The quantitative estimate of drug-likeness (QED) is 0.411. The van der Waals surface area contributed by atoms with Crippen molar-refractivity contribution in [3.05, 3.63) is 35.4 Å². The molecule has 4 atom stereocenters. The molecule has 1 spiro atoms. The van der Waals surface area contributed by atoms with Crippen LogP contribution in [0.25, 0.3) is 10.8 Å². The van der Waals surface area contributed by atoms with Gasteiger partial charge in [-0.05, 0) is 29.5 Å². The van der Waals surface area contributed by atoms with Crippen molar-refractivity contribution in [2.75, 3.05) is 12.3 Å². The second-order valence-electron chi connectivity index (χ2n) is 9.14. The first-order valence-corrected chi connectivity index (χ1v) is 11.9. The molecule has 3 N–H and O–H groups in total. The van der Waals surface area contributed by atoms with E-state index in [0.717, 1.165) is 4.90 Å². The van der Waals surface area contributed by atoms with Crippen molar-refractivity contribution in [3.63, 3.8) is 0 Å². The summed E-state index contributed by atoms with van der Waals surface area (Å²) < 4.78 is 31.6. The Morgan fingerprint density at radius 2 is 1.88 bits per heavy atom. The van der Waals surface area contributed by atoms with Gasteiger partial charge in [-0.25, -0.2) is 0 Å². The van der Waals surface area contributed by atoms with E-state index >= 15 is 0 Å². The Bertz CT molecular complexity index is 1380. The third-order valence-corrected chi connectivity index (χ3v) is 8.35. The van der Waals surface area contributed by atoms with Crippen molar-refractivity contribution in [2.45, 2.75) is 31.4 Å². The highest BCUT2D eigenvalue weighted by Crippen LogP contribution is 2.65. The maximum absolute atomic E-state index is 13.9. The summed E-state index contributed by atoms with van der Waals surface area (Å²) in [5, 5.41) is 33.9. The van der Waals surface area contributed by atoms with E-state index in [4.69, 9.17) is 4.55 Å². The van der Waals surface area contributed by atoms with Gasteiger partial charge in [0.2, 0.25) is 5.91 Å². The number of phenols is 1. The molecule has 10 nitrogen and oxygen atoms in total.